The van der Waals surface area contributed by atoms with Crippen LogP contribution < -0.4 is 5.32 Å². The number of benzene rings is 1. The molecule has 2 rings (SSSR count). The third-order valence-corrected chi connectivity index (χ3v) is 3.72. The fourth-order valence-electron chi connectivity index (χ4n) is 2.23. The van der Waals surface area contributed by atoms with Gasteiger partial charge in [-0.25, -0.2) is 0 Å². The summed E-state index contributed by atoms with van der Waals surface area (Å²) in [5.74, 6) is 0.157. The fraction of sp³-hybridized carbons (Fsp3) is 0.533. The lowest BCUT2D eigenvalue weighted by Crippen LogP contribution is -2.49. The fourth-order valence-corrected chi connectivity index (χ4v) is 2.35. The summed E-state index contributed by atoms with van der Waals surface area (Å²) in [5.41, 5.74) is 1.22. The molecule has 1 aromatic rings. The van der Waals surface area contributed by atoms with Crippen LogP contribution in [0.4, 0.5) is 0 Å². The lowest BCUT2D eigenvalue weighted by atomic mass is 10.1. The first kappa shape index (κ1) is 15.3. The zero-order valence-electron chi connectivity index (χ0n) is 11.8. The summed E-state index contributed by atoms with van der Waals surface area (Å²) in [6.07, 6.45) is 0.887. The molecule has 1 atom stereocenters. The molecule has 20 heavy (non-hydrogen) atoms. The molecular formula is C15H21ClN2O2. The van der Waals surface area contributed by atoms with Crippen molar-refractivity contribution in [3.63, 3.8) is 0 Å². The highest BCUT2D eigenvalue weighted by Gasteiger charge is 2.21. The summed E-state index contributed by atoms with van der Waals surface area (Å²) >= 11 is 5.85. The van der Waals surface area contributed by atoms with Crippen LogP contribution in [0.2, 0.25) is 5.02 Å². The van der Waals surface area contributed by atoms with E-state index in [1.165, 1.54) is 5.56 Å². The monoisotopic (exact) mass is 296 g/mol. The van der Waals surface area contributed by atoms with Crippen LogP contribution in [0.15, 0.2) is 24.3 Å². The Balaban J connectivity index is 1.72. The largest absolute Gasteiger partial charge is 0.378 e. The minimum atomic E-state index is -0.152. The first-order valence-corrected chi connectivity index (χ1v) is 7.39. The van der Waals surface area contributed by atoms with Crippen LogP contribution >= 0.6 is 11.6 Å². The molecule has 1 heterocycles. The van der Waals surface area contributed by atoms with Gasteiger partial charge in [0.15, 0.2) is 0 Å². The Morgan fingerprint density at radius 1 is 1.35 bits per heavy atom. The zero-order valence-corrected chi connectivity index (χ0v) is 12.5. The van der Waals surface area contributed by atoms with E-state index in [0.717, 1.165) is 18.0 Å². The highest BCUT2D eigenvalue weighted by molar-refractivity contribution is 6.30. The Hall–Kier alpha value is -1.10. The number of ether oxygens (including phenoxy) is 1. The maximum atomic E-state index is 12.2. The molecule has 1 amide bonds. The second-order valence-electron chi connectivity index (χ2n) is 4.99. The zero-order chi connectivity index (χ0) is 14.4. The van der Waals surface area contributed by atoms with Crippen molar-refractivity contribution in [3.8, 4) is 0 Å². The van der Waals surface area contributed by atoms with Crippen molar-refractivity contribution in [1.82, 2.24) is 10.2 Å². The number of nitrogens with zero attached hydrogens (tertiary/aromatic N) is 1. The minimum absolute atomic E-state index is 0.152. The molecule has 1 aliphatic heterocycles. The maximum Gasteiger partial charge on any atom is 0.239 e. The van der Waals surface area contributed by atoms with Crippen molar-refractivity contribution in [2.45, 2.75) is 19.4 Å². The van der Waals surface area contributed by atoms with Gasteiger partial charge in [0.25, 0.3) is 0 Å². The summed E-state index contributed by atoms with van der Waals surface area (Å²) in [6, 6.07) is 7.65. The lowest BCUT2D eigenvalue weighted by molar-refractivity contribution is -0.137. The second kappa shape index (κ2) is 7.62. The number of hydrogen-bond acceptors (Lipinski definition) is 3. The predicted octanol–water partition coefficient (Wildman–Crippen LogP) is 1.72. The molecular weight excluding hydrogens is 276 g/mol. The van der Waals surface area contributed by atoms with E-state index in [0.29, 0.717) is 26.3 Å². The van der Waals surface area contributed by atoms with Gasteiger partial charge in [-0.3, -0.25) is 4.79 Å². The summed E-state index contributed by atoms with van der Waals surface area (Å²) < 4.78 is 5.25. The van der Waals surface area contributed by atoms with Gasteiger partial charge in [0, 0.05) is 18.1 Å². The molecule has 0 bridgehead atoms. The minimum Gasteiger partial charge on any atom is -0.378 e. The quantitative estimate of drug-likeness (QED) is 0.899. The van der Waals surface area contributed by atoms with Crippen LogP contribution in [-0.2, 0) is 16.0 Å². The van der Waals surface area contributed by atoms with E-state index >= 15 is 0 Å². The first-order valence-electron chi connectivity index (χ1n) is 7.01. The van der Waals surface area contributed by atoms with Crippen molar-refractivity contribution < 1.29 is 9.53 Å². The van der Waals surface area contributed by atoms with Crippen molar-refractivity contribution >= 4 is 17.5 Å². The topological polar surface area (TPSA) is 41.6 Å². The number of amides is 1. The number of nitrogens with one attached hydrogen (secondary N) is 1. The van der Waals surface area contributed by atoms with Crippen molar-refractivity contribution in [3.05, 3.63) is 34.9 Å². The van der Waals surface area contributed by atoms with E-state index in [-0.39, 0.29) is 11.9 Å². The molecule has 1 unspecified atom stereocenters. The van der Waals surface area contributed by atoms with Gasteiger partial charge in [-0.2, -0.15) is 0 Å². The van der Waals surface area contributed by atoms with Gasteiger partial charge in [-0.1, -0.05) is 23.7 Å². The number of halogens is 1. The molecule has 0 radical (unpaired) electrons. The van der Waals surface area contributed by atoms with Crippen LogP contribution in [0.5, 0.6) is 0 Å². The molecule has 1 fully saturated rings. The highest BCUT2D eigenvalue weighted by Crippen LogP contribution is 2.09. The van der Waals surface area contributed by atoms with E-state index in [9.17, 15) is 4.79 Å². The van der Waals surface area contributed by atoms with Gasteiger partial charge in [-0.05, 0) is 37.6 Å². The smallest absolute Gasteiger partial charge is 0.239 e. The molecule has 110 valence electrons. The van der Waals surface area contributed by atoms with Crippen LogP contribution in [0.1, 0.15) is 12.5 Å². The molecule has 1 saturated heterocycles. The van der Waals surface area contributed by atoms with Crippen LogP contribution in [0.25, 0.3) is 0 Å². The average molecular weight is 297 g/mol. The summed E-state index contributed by atoms with van der Waals surface area (Å²) in [7, 11) is 0. The third kappa shape index (κ3) is 4.47. The highest BCUT2D eigenvalue weighted by atomic mass is 35.5. The molecule has 0 spiro atoms. The molecule has 0 aliphatic carbocycles. The van der Waals surface area contributed by atoms with Gasteiger partial charge >= 0.3 is 0 Å². The normalized spacial score (nSPS) is 17.0. The van der Waals surface area contributed by atoms with E-state index in [2.05, 4.69) is 5.32 Å². The van der Waals surface area contributed by atoms with E-state index in [1.807, 2.05) is 36.1 Å². The maximum absolute atomic E-state index is 12.2. The average Bonchev–Trinajstić information content (AvgIpc) is 2.49. The van der Waals surface area contributed by atoms with Crippen LogP contribution in [0, 0.1) is 0 Å². The summed E-state index contributed by atoms with van der Waals surface area (Å²) in [5, 5.41) is 4.03. The Kier molecular flexibility index (Phi) is 5.83. The van der Waals surface area contributed by atoms with Gasteiger partial charge in [0.05, 0.1) is 19.3 Å². The Morgan fingerprint density at radius 2 is 2.00 bits per heavy atom. The van der Waals surface area contributed by atoms with Crippen molar-refractivity contribution in [1.29, 1.82) is 0 Å². The van der Waals surface area contributed by atoms with Gasteiger partial charge in [0.2, 0.25) is 5.91 Å². The van der Waals surface area contributed by atoms with Crippen molar-refractivity contribution in [2.24, 2.45) is 0 Å². The van der Waals surface area contributed by atoms with Gasteiger partial charge < -0.3 is 15.0 Å². The summed E-state index contributed by atoms with van der Waals surface area (Å²) in [4.78, 5) is 14.0. The predicted molar refractivity (Wildman–Crippen MR) is 80.0 cm³/mol. The second-order valence-corrected chi connectivity index (χ2v) is 5.43. The van der Waals surface area contributed by atoms with E-state index < -0.39 is 0 Å². The Labute approximate surface area is 125 Å². The molecule has 4 nitrogen and oxygen atoms in total. The molecule has 1 aromatic carbocycles. The SMILES string of the molecule is CC(NCCc1ccc(Cl)cc1)C(=O)N1CCOCC1. The van der Waals surface area contributed by atoms with Crippen LogP contribution in [-0.4, -0.2) is 49.7 Å². The standard InChI is InChI=1S/C15H21ClN2O2/c1-12(15(19)18-8-10-20-11-9-18)17-7-6-13-2-4-14(16)5-3-13/h2-5,12,17H,6-11H2,1H3. The van der Waals surface area contributed by atoms with Crippen LogP contribution in [0.3, 0.4) is 0 Å². The van der Waals surface area contributed by atoms with Gasteiger partial charge in [-0.15, -0.1) is 0 Å². The Bertz CT molecular complexity index is 430. The lowest BCUT2D eigenvalue weighted by Gasteiger charge is -2.29. The molecule has 1 N–H and O–H groups in total. The Morgan fingerprint density at radius 3 is 2.65 bits per heavy atom. The first-order chi connectivity index (χ1) is 9.66. The molecule has 1 aliphatic rings. The number of morpholine rings is 1. The number of hydrogen-bond donors (Lipinski definition) is 1. The van der Waals surface area contributed by atoms with Crippen molar-refractivity contribution in [2.75, 3.05) is 32.8 Å². The summed E-state index contributed by atoms with van der Waals surface area (Å²) in [6.45, 7) is 5.37. The molecule has 0 saturated carbocycles. The number of carbonyl (C=O) groups excluding carboxylic acids is 1. The number of rotatable bonds is 5. The van der Waals surface area contributed by atoms with E-state index in [4.69, 9.17) is 16.3 Å². The van der Waals surface area contributed by atoms with E-state index in [1.54, 1.807) is 0 Å². The number of carbonyl (C=O) groups is 1. The molecule has 0 aromatic heterocycles. The van der Waals surface area contributed by atoms with Gasteiger partial charge in [0.1, 0.15) is 0 Å². The third-order valence-electron chi connectivity index (χ3n) is 3.47. The molecule has 5 heteroatoms.